The van der Waals surface area contributed by atoms with E-state index in [4.69, 9.17) is 37.0 Å². The first-order valence-corrected chi connectivity index (χ1v) is 39.2. The van der Waals surface area contributed by atoms with Crippen LogP contribution < -0.4 is 0 Å². The zero-order chi connectivity index (χ0) is 66.1. The average Bonchev–Trinajstić information content (AvgIpc) is 3.69. The molecule has 0 aliphatic carbocycles. The molecule has 0 bridgehead atoms. The zero-order valence-corrected chi connectivity index (χ0v) is 59.8. The minimum Gasteiger partial charge on any atom is -0.462 e. The van der Waals surface area contributed by atoms with Gasteiger partial charge in [0.05, 0.1) is 26.4 Å². The zero-order valence-electron chi connectivity index (χ0n) is 58.1. The van der Waals surface area contributed by atoms with Gasteiger partial charge >= 0.3 is 39.5 Å². The number of hydrogen-bond acceptors (Lipinski definition) is 15. The second kappa shape index (κ2) is 59.8. The Labute approximate surface area is 543 Å². The second-order valence-electron chi connectivity index (χ2n) is 27.2. The van der Waals surface area contributed by atoms with Gasteiger partial charge in [-0.2, -0.15) is 0 Å². The standard InChI is InChI=1S/C70H136O17P2/c1-60(2)46-38-30-22-17-14-12-10-9-11-13-15-19-26-36-44-52-69(74)86-65(56-81-68(73)51-43-35-27-21-24-32-40-48-62(5)6)58-84-88(76,77)82-54-64(71)55-83-89(78,79)85-59-66(87-70(75)53-45-37-29-28-33-41-49-63(7)8)57-80-67(72)50-42-34-25-20-16-18-23-31-39-47-61(3)4/h60-66,71H,9-59H2,1-8H3,(H,76,77)(H,78,79)/t64?,65-,66-/m1/s1. The molecule has 17 nitrogen and oxygen atoms in total. The van der Waals surface area contributed by atoms with Gasteiger partial charge in [0.15, 0.2) is 12.2 Å². The Morgan fingerprint density at radius 3 is 0.697 bits per heavy atom. The van der Waals surface area contributed by atoms with E-state index < -0.39 is 97.5 Å². The van der Waals surface area contributed by atoms with Gasteiger partial charge in [-0.25, -0.2) is 9.13 Å². The third-order valence-corrected chi connectivity index (χ3v) is 18.0. The van der Waals surface area contributed by atoms with Crippen LogP contribution in [-0.4, -0.2) is 96.7 Å². The molecule has 19 heteroatoms. The maximum Gasteiger partial charge on any atom is 0.472 e. The lowest BCUT2D eigenvalue weighted by Gasteiger charge is -2.21. The summed E-state index contributed by atoms with van der Waals surface area (Å²) in [7, 11) is -9.90. The van der Waals surface area contributed by atoms with Gasteiger partial charge in [0.2, 0.25) is 0 Å². The van der Waals surface area contributed by atoms with Crippen molar-refractivity contribution in [1.29, 1.82) is 0 Å². The van der Waals surface area contributed by atoms with Crippen LogP contribution in [0.1, 0.15) is 344 Å². The van der Waals surface area contributed by atoms with Crippen LogP contribution in [0.15, 0.2) is 0 Å². The molecule has 0 rings (SSSR count). The fourth-order valence-corrected chi connectivity index (χ4v) is 12.1. The van der Waals surface area contributed by atoms with Gasteiger partial charge in [-0.1, -0.05) is 293 Å². The van der Waals surface area contributed by atoms with Crippen molar-refractivity contribution in [3.63, 3.8) is 0 Å². The summed E-state index contributed by atoms with van der Waals surface area (Å²) in [6.45, 7) is 14.0. The Morgan fingerprint density at radius 1 is 0.281 bits per heavy atom. The van der Waals surface area contributed by atoms with Gasteiger partial charge < -0.3 is 33.8 Å². The highest BCUT2D eigenvalue weighted by atomic mass is 31.2. The highest BCUT2D eigenvalue weighted by molar-refractivity contribution is 7.47. The van der Waals surface area contributed by atoms with E-state index in [9.17, 15) is 43.2 Å². The topological polar surface area (TPSA) is 237 Å². The first-order chi connectivity index (χ1) is 42.6. The molecule has 0 aromatic heterocycles. The summed E-state index contributed by atoms with van der Waals surface area (Å²) in [5.74, 6) is 0.786. The van der Waals surface area contributed by atoms with E-state index in [1.165, 1.54) is 141 Å². The molecule has 89 heavy (non-hydrogen) atoms. The lowest BCUT2D eigenvalue weighted by Crippen LogP contribution is -2.30. The van der Waals surface area contributed by atoms with Crippen LogP contribution in [0, 0.1) is 23.7 Å². The number of carbonyl (C=O) groups is 4. The first kappa shape index (κ1) is 87.1. The quantitative estimate of drug-likeness (QED) is 0.0222. The lowest BCUT2D eigenvalue weighted by molar-refractivity contribution is -0.161. The Bertz CT molecular complexity index is 1760. The fourth-order valence-electron chi connectivity index (χ4n) is 10.5. The molecule has 0 saturated heterocycles. The molecule has 0 fully saturated rings. The van der Waals surface area contributed by atoms with Gasteiger partial charge in [0.25, 0.3) is 0 Å². The van der Waals surface area contributed by atoms with E-state index in [0.717, 1.165) is 108 Å². The molecule has 528 valence electrons. The Kier molecular flexibility index (Phi) is 58.5. The largest absolute Gasteiger partial charge is 0.472 e. The Balaban J connectivity index is 5.20. The summed E-state index contributed by atoms with van der Waals surface area (Å²) in [6, 6.07) is 0. The minimum absolute atomic E-state index is 0.101. The summed E-state index contributed by atoms with van der Waals surface area (Å²) < 4.78 is 68.2. The van der Waals surface area contributed by atoms with Crippen LogP contribution in [0.4, 0.5) is 0 Å². The van der Waals surface area contributed by atoms with E-state index in [0.29, 0.717) is 37.5 Å². The molecule has 0 aromatic carbocycles. The minimum atomic E-state index is -4.95. The Hall–Kier alpha value is -1.94. The molecule has 0 aliphatic rings. The predicted octanol–water partition coefficient (Wildman–Crippen LogP) is 19.7. The lowest BCUT2D eigenvalue weighted by atomic mass is 10.0. The van der Waals surface area contributed by atoms with E-state index >= 15 is 0 Å². The summed E-state index contributed by atoms with van der Waals surface area (Å²) in [5, 5.41) is 10.6. The summed E-state index contributed by atoms with van der Waals surface area (Å²) in [4.78, 5) is 72.4. The number of rotatable bonds is 67. The molecule has 0 amide bonds. The van der Waals surface area contributed by atoms with Crippen molar-refractivity contribution in [3.05, 3.63) is 0 Å². The smallest absolute Gasteiger partial charge is 0.462 e. The van der Waals surface area contributed by atoms with Crippen LogP contribution in [0.25, 0.3) is 0 Å². The van der Waals surface area contributed by atoms with E-state index in [1.807, 2.05) is 0 Å². The molecular weight excluding hydrogens is 1170 g/mol. The number of unbranched alkanes of at least 4 members (excludes halogenated alkanes) is 33. The Morgan fingerprint density at radius 2 is 0.472 bits per heavy atom. The van der Waals surface area contributed by atoms with Crippen molar-refractivity contribution in [3.8, 4) is 0 Å². The molecule has 0 spiro atoms. The normalized spacial score (nSPS) is 14.3. The predicted molar refractivity (Wildman–Crippen MR) is 358 cm³/mol. The van der Waals surface area contributed by atoms with Crippen molar-refractivity contribution >= 4 is 39.5 Å². The maximum absolute atomic E-state index is 13.0. The third kappa shape index (κ3) is 64.6. The molecule has 3 N–H and O–H groups in total. The van der Waals surface area contributed by atoms with E-state index in [-0.39, 0.29) is 25.7 Å². The van der Waals surface area contributed by atoms with Crippen LogP contribution in [0.5, 0.6) is 0 Å². The highest BCUT2D eigenvalue weighted by Gasteiger charge is 2.30. The van der Waals surface area contributed by atoms with Crippen molar-refractivity contribution in [1.82, 2.24) is 0 Å². The van der Waals surface area contributed by atoms with Crippen molar-refractivity contribution in [2.75, 3.05) is 39.6 Å². The number of hydrogen-bond donors (Lipinski definition) is 3. The van der Waals surface area contributed by atoms with Crippen LogP contribution >= 0.6 is 15.6 Å². The number of esters is 4. The fraction of sp³-hybridized carbons (Fsp3) is 0.943. The monoisotopic (exact) mass is 1310 g/mol. The van der Waals surface area contributed by atoms with Gasteiger partial charge in [-0.3, -0.25) is 37.3 Å². The number of phosphoric ester groups is 2. The molecule has 0 heterocycles. The van der Waals surface area contributed by atoms with E-state index in [2.05, 4.69) is 55.4 Å². The molecule has 0 aromatic rings. The van der Waals surface area contributed by atoms with Gasteiger partial charge in [-0.05, 0) is 49.4 Å². The summed E-state index contributed by atoms with van der Waals surface area (Å²) in [5.41, 5.74) is 0. The van der Waals surface area contributed by atoms with Crippen LogP contribution in [0.3, 0.4) is 0 Å². The van der Waals surface area contributed by atoms with Crippen molar-refractivity contribution in [2.45, 2.75) is 363 Å². The van der Waals surface area contributed by atoms with E-state index in [1.54, 1.807) is 0 Å². The third-order valence-electron chi connectivity index (χ3n) is 16.1. The maximum atomic E-state index is 13.0. The second-order valence-corrected chi connectivity index (χ2v) is 30.1. The molecule has 0 aliphatic heterocycles. The van der Waals surface area contributed by atoms with Crippen molar-refractivity contribution < 1.29 is 80.2 Å². The first-order valence-electron chi connectivity index (χ1n) is 36.2. The molecule has 0 radical (unpaired) electrons. The summed E-state index contributed by atoms with van der Waals surface area (Å²) in [6.07, 6.45) is 42.0. The molecular formula is C70H136O17P2. The molecule has 0 saturated carbocycles. The number of ether oxygens (including phenoxy) is 4. The molecule has 5 atom stereocenters. The number of carbonyl (C=O) groups excluding carboxylic acids is 4. The molecule has 3 unspecified atom stereocenters. The van der Waals surface area contributed by atoms with Crippen molar-refractivity contribution in [2.24, 2.45) is 23.7 Å². The number of aliphatic hydroxyl groups excluding tert-OH is 1. The SMILES string of the molecule is CC(C)CCCCCCCCCCCCCCCCCC(=O)O[C@H](COC(=O)CCCCCCCCCC(C)C)COP(=O)(O)OCC(O)COP(=O)(O)OC[C@@H](COC(=O)CCCCCCCCCCCC(C)C)OC(=O)CCCCCCCCC(C)C. The van der Waals surface area contributed by atoms with Gasteiger partial charge in [-0.15, -0.1) is 0 Å². The van der Waals surface area contributed by atoms with Crippen LogP contribution in [0.2, 0.25) is 0 Å². The average molecular weight is 1310 g/mol. The van der Waals surface area contributed by atoms with Gasteiger partial charge in [0, 0.05) is 25.7 Å². The highest BCUT2D eigenvalue weighted by Crippen LogP contribution is 2.45. The summed E-state index contributed by atoms with van der Waals surface area (Å²) >= 11 is 0. The van der Waals surface area contributed by atoms with Crippen LogP contribution in [-0.2, 0) is 65.4 Å². The van der Waals surface area contributed by atoms with Gasteiger partial charge in [0.1, 0.15) is 19.3 Å². The number of phosphoric acid groups is 2. The number of aliphatic hydroxyl groups is 1.